The first-order valence-corrected chi connectivity index (χ1v) is 10.4. The monoisotopic (exact) mass is 402 g/mol. The van der Waals surface area contributed by atoms with E-state index in [-0.39, 0.29) is 12.3 Å². The molecule has 4 aromatic rings. The van der Waals surface area contributed by atoms with Gasteiger partial charge in [0.25, 0.3) is 0 Å². The van der Waals surface area contributed by atoms with Gasteiger partial charge < -0.3 is 5.32 Å². The molecule has 1 N–H and O–H groups in total. The Kier molecular flexibility index (Phi) is 5.53. The van der Waals surface area contributed by atoms with Crippen molar-refractivity contribution in [3.8, 4) is 16.3 Å². The van der Waals surface area contributed by atoms with Crippen LogP contribution >= 0.6 is 11.3 Å². The predicted octanol–water partition coefficient (Wildman–Crippen LogP) is 4.47. The first kappa shape index (κ1) is 19.1. The van der Waals surface area contributed by atoms with Crippen molar-refractivity contribution >= 4 is 17.2 Å². The van der Waals surface area contributed by atoms with Crippen molar-refractivity contribution < 1.29 is 4.79 Å². The smallest absolute Gasteiger partial charge is 0.226 e. The van der Waals surface area contributed by atoms with E-state index in [1.165, 1.54) is 0 Å². The number of nitrogens with zero attached hydrogens (tertiary/aromatic N) is 3. The molecular weight excluding hydrogens is 380 g/mol. The number of benzene rings is 2. The second kappa shape index (κ2) is 8.41. The Labute approximate surface area is 174 Å². The molecule has 0 saturated heterocycles. The molecule has 2 aromatic carbocycles. The molecule has 2 aromatic heterocycles. The Balaban J connectivity index is 1.41. The second-order valence-electron chi connectivity index (χ2n) is 6.86. The van der Waals surface area contributed by atoms with E-state index in [2.05, 4.69) is 15.4 Å². The lowest BCUT2D eigenvalue weighted by atomic mass is 10.2. The zero-order chi connectivity index (χ0) is 20.2. The van der Waals surface area contributed by atoms with Crippen LogP contribution in [-0.2, 0) is 17.8 Å². The van der Waals surface area contributed by atoms with E-state index in [0.717, 1.165) is 38.9 Å². The number of nitrogens with one attached hydrogen (secondary N) is 1. The number of hydrogen-bond acceptors (Lipinski definition) is 4. The SMILES string of the molecule is Cc1nn(-c2ccccc2)c(C)c1CNC(=O)Cc1csc(-c2ccccc2)n1. The standard InChI is InChI=1S/C23H22N4OS/c1-16-21(17(2)27(26-16)20-11-7-4-8-12-20)14-24-22(28)13-19-15-29-23(25-19)18-9-5-3-6-10-18/h3-12,15H,13-14H2,1-2H3,(H,24,28). The number of amides is 1. The van der Waals surface area contributed by atoms with Crippen molar-refractivity contribution in [2.75, 3.05) is 0 Å². The van der Waals surface area contributed by atoms with E-state index in [0.29, 0.717) is 6.54 Å². The van der Waals surface area contributed by atoms with Gasteiger partial charge in [-0.2, -0.15) is 5.10 Å². The minimum atomic E-state index is -0.0406. The number of carbonyl (C=O) groups excluding carboxylic acids is 1. The summed E-state index contributed by atoms with van der Waals surface area (Å²) in [5.74, 6) is -0.0406. The summed E-state index contributed by atoms with van der Waals surface area (Å²) < 4.78 is 1.92. The zero-order valence-corrected chi connectivity index (χ0v) is 17.2. The molecule has 0 saturated carbocycles. The lowest BCUT2D eigenvalue weighted by Crippen LogP contribution is -2.25. The lowest BCUT2D eigenvalue weighted by Gasteiger charge is -2.07. The van der Waals surface area contributed by atoms with Crippen molar-refractivity contribution in [1.82, 2.24) is 20.1 Å². The van der Waals surface area contributed by atoms with Crippen LogP contribution in [0.25, 0.3) is 16.3 Å². The molecule has 6 heteroatoms. The molecule has 0 atom stereocenters. The van der Waals surface area contributed by atoms with Crippen LogP contribution in [0, 0.1) is 13.8 Å². The third-order valence-electron chi connectivity index (χ3n) is 4.82. The molecule has 0 bridgehead atoms. The average molecular weight is 403 g/mol. The van der Waals surface area contributed by atoms with Crippen LogP contribution in [0.1, 0.15) is 22.6 Å². The van der Waals surface area contributed by atoms with E-state index in [1.807, 2.05) is 84.6 Å². The largest absolute Gasteiger partial charge is 0.352 e. The van der Waals surface area contributed by atoms with Crippen LogP contribution in [-0.4, -0.2) is 20.7 Å². The molecule has 0 spiro atoms. The van der Waals surface area contributed by atoms with E-state index < -0.39 is 0 Å². The maximum Gasteiger partial charge on any atom is 0.226 e. The summed E-state index contributed by atoms with van der Waals surface area (Å²) >= 11 is 1.56. The third-order valence-corrected chi connectivity index (χ3v) is 5.76. The number of para-hydroxylation sites is 1. The average Bonchev–Trinajstić information content (AvgIpc) is 3.32. The van der Waals surface area contributed by atoms with Crippen molar-refractivity contribution in [3.63, 3.8) is 0 Å². The summed E-state index contributed by atoms with van der Waals surface area (Å²) in [6.07, 6.45) is 0.272. The molecule has 0 aliphatic carbocycles. The van der Waals surface area contributed by atoms with Crippen molar-refractivity contribution in [2.24, 2.45) is 0 Å². The van der Waals surface area contributed by atoms with Crippen LogP contribution < -0.4 is 5.32 Å². The van der Waals surface area contributed by atoms with Crippen LogP contribution in [0.5, 0.6) is 0 Å². The van der Waals surface area contributed by atoms with Gasteiger partial charge in [0.05, 0.1) is 23.5 Å². The fourth-order valence-corrected chi connectivity index (χ4v) is 4.09. The Hall–Kier alpha value is -3.25. The Morgan fingerprint density at radius 3 is 2.45 bits per heavy atom. The summed E-state index contributed by atoms with van der Waals surface area (Å²) in [4.78, 5) is 17.1. The molecule has 29 heavy (non-hydrogen) atoms. The number of hydrogen-bond donors (Lipinski definition) is 1. The van der Waals surface area contributed by atoms with Gasteiger partial charge in [-0.05, 0) is 26.0 Å². The Morgan fingerprint density at radius 1 is 1.03 bits per heavy atom. The summed E-state index contributed by atoms with van der Waals surface area (Å²) in [7, 11) is 0. The maximum absolute atomic E-state index is 12.5. The van der Waals surface area contributed by atoms with Gasteiger partial charge in [0.15, 0.2) is 0 Å². The molecule has 2 heterocycles. The molecule has 1 amide bonds. The molecule has 5 nitrogen and oxygen atoms in total. The van der Waals surface area contributed by atoms with Gasteiger partial charge in [-0.25, -0.2) is 9.67 Å². The fraction of sp³-hybridized carbons (Fsp3) is 0.174. The first-order valence-electron chi connectivity index (χ1n) is 9.49. The summed E-state index contributed by atoms with van der Waals surface area (Å²) in [6.45, 7) is 4.46. The highest BCUT2D eigenvalue weighted by Crippen LogP contribution is 2.23. The summed E-state index contributed by atoms with van der Waals surface area (Å²) in [5.41, 5.74) is 5.89. The van der Waals surface area contributed by atoms with Crippen LogP contribution in [0.3, 0.4) is 0 Å². The number of rotatable bonds is 6. The molecule has 0 aliphatic rings. The highest BCUT2D eigenvalue weighted by atomic mass is 32.1. The van der Waals surface area contributed by atoms with Gasteiger partial charge in [0.1, 0.15) is 5.01 Å². The highest BCUT2D eigenvalue weighted by molar-refractivity contribution is 7.13. The van der Waals surface area contributed by atoms with Gasteiger partial charge >= 0.3 is 0 Å². The topological polar surface area (TPSA) is 59.8 Å². The lowest BCUT2D eigenvalue weighted by molar-refractivity contribution is -0.120. The third kappa shape index (κ3) is 4.27. The van der Waals surface area contributed by atoms with E-state index in [1.54, 1.807) is 11.3 Å². The van der Waals surface area contributed by atoms with Gasteiger partial charge in [0.2, 0.25) is 5.91 Å². The minimum Gasteiger partial charge on any atom is -0.352 e. The first-order chi connectivity index (χ1) is 14.1. The number of thiazole rings is 1. The quantitative estimate of drug-likeness (QED) is 0.518. The summed E-state index contributed by atoms with van der Waals surface area (Å²) in [6, 6.07) is 20.0. The van der Waals surface area contributed by atoms with Gasteiger partial charge in [-0.3, -0.25) is 4.79 Å². The zero-order valence-electron chi connectivity index (χ0n) is 16.4. The Morgan fingerprint density at radius 2 is 1.72 bits per heavy atom. The molecule has 0 radical (unpaired) electrons. The molecule has 146 valence electrons. The normalized spacial score (nSPS) is 10.8. The van der Waals surface area contributed by atoms with Crippen molar-refractivity contribution in [1.29, 1.82) is 0 Å². The number of carbonyl (C=O) groups is 1. The molecule has 4 rings (SSSR count). The second-order valence-corrected chi connectivity index (χ2v) is 7.72. The van der Waals surface area contributed by atoms with E-state index in [4.69, 9.17) is 0 Å². The number of aromatic nitrogens is 3. The van der Waals surface area contributed by atoms with Gasteiger partial charge in [-0.15, -0.1) is 11.3 Å². The maximum atomic E-state index is 12.5. The molecule has 0 aliphatic heterocycles. The van der Waals surface area contributed by atoms with Crippen LogP contribution in [0.2, 0.25) is 0 Å². The Bertz CT molecular complexity index is 1120. The molecule has 0 fully saturated rings. The van der Waals surface area contributed by atoms with Gasteiger partial charge in [0, 0.05) is 28.7 Å². The highest BCUT2D eigenvalue weighted by Gasteiger charge is 2.14. The van der Waals surface area contributed by atoms with Crippen molar-refractivity contribution in [2.45, 2.75) is 26.8 Å². The molecule has 0 unspecified atom stereocenters. The minimum absolute atomic E-state index is 0.0406. The van der Waals surface area contributed by atoms with E-state index >= 15 is 0 Å². The van der Waals surface area contributed by atoms with Crippen molar-refractivity contribution in [3.05, 3.63) is 88.7 Å². The molecular formula is C23H22N4OS. The number of aryl methyl sites for hydroxylation is 1. The van der Waals surface area contributed by atoms with Gasteiger partial charge in [-0.1, -0.05) is 48.5 Å². The van der Waals surface area contributed by atoms with Crippen LogP contribution in [0.4, 0.5) is 0 Å². The fourth-order valence-electron chi connectivity index (χ4n) is 3.27. The predicted molar refractivity (Wildman–Crippen MR) is 116 cm³/mol. The summed E-state index contributed by atoms with van der Waals surface area (Å²) in [5, 5.41) is 10.5. The van der Waals surface area contributed by atoms with E-state index in [9.17, 15) is 4.79 Å². The van der Waals surface area contributed by atoms with Crippen LogP contribution in [0.15, 0.2) is 66.0 Å².